The zero-order valence-corrected chi connectivity index (χ0v) is 18.1. The van der Waals surface area contributed by atoms with E-state index in [1.54, 1.807) is 6.07 Å². The van der Waals surface area contributed by atoms with Crippen LogP contribution in [0.15, 0.2) is 75.6 Å². The minimum atomic E-state index is -0.425. The number of aromatic nitrogens is 1. The van der Waals surface area contributed by atoms with Crippen molar-refractivity contribution >= 4 is 12.3 Å². The molecule has 4 rings (SSSR count). The van der Waals surface area contributed by atoms with Crippen LogP contribution in [0.1, 0.15) is 56.0 Å². The second-order valence-electron chi connectivity index (χ2n) is 8.45. The Bertz CT molecular complexity index is 1100. The largest absolute Gasteiger partial charge is 0.326 e. The topological polar surface area (TPSA) is 45.2 Å². The van der Waals surface area contributed by atoms with Crippen molar-refractivity contribution in [3.63, 3.8) is 0 Å². The number of aliphatic imine (C=N–C) groups is 1. The zero-order valence-electron chi connectivity index (χ0n) is 18.1. The lowest BCUT2D eigenvalue weighted by atomic mass is 9.63. The van der Waals surface area contributed by atoms with Gasteiger partial charge in [-0.25, -0.2) is 0 Å². The molecule has 0 fully saturated rings. The van der Waals surface area contributed by atoms with Gasteiger partial charge in [-0.3, -0.25) is 9.79 Å². The molecule has 2 atom stereocenters. The van der Waals surface area contributed by atoms with Crippen LogP contribution < -0.4 is 5.56 Å². The van der Waals surface area contributed by atoms with Crippen LogP contribution in [0.2, 0.25) is 0 Å². The summed E-state index contributed by atoms with van der Waals surface area (Å²) in [5, 5.41) is 0. The van der Waals surface area contributed by atoms with Crippen molar-refractivity contribution in [3.8, 4) is 0 Å². The summed E-state index contributed by atoms with van der Waals surface area (Å²) in [6.45, 7) is 6.49. The van der Waals surface area contributed by atoms with Gasteiger partial charge in [0.2, 0.25) is 5.56 Å². The molecule has 154 valence electrons. The first-order chi connectivity index (χ1) is 14.6. The summed E-state index contributed by atoms with van der Waals surface area (Å²) in [4.78, 5) is 20.1. The number of pyridine rings is 1. The zero-order chi connectivity index (χ0) is 21.1. The third-order valence-electron chi connectivity index (χ3n) is 6.27. The van der Waals surface area contributed by atoms with E-state index in [4.69, 9.17) is 4.99 Å². The number of rotatable bonds is 5. The highest BCUT2D eigenvalue weighted by Gasteiger charge is 2.46. The Morgan fingerprint density at radius 3 is 2.73 bits per heavy atom. The summed E-state index contributed by atoms with van der Waals surface area (Å²) in [6.07, 6.45) is 14.6. The molecule has 0 saturated carbocycles. The van der Waals surface area contributed by atoms with E-state index in [9.17, 15) is 4.79 Å². The summed E-state index contributed by atoms with van der Waals surface area (Å²) < 4.78 is 0. The molecule has 30 heavy (non-hydrogen) atoms. The number of hydrogen-bond acceptors (Lipinski definition) is 2. The van der Waals surface area contributed by atoms with E-state index in [-0.39, 0.29) is 5.56 Å². The molecule has 3 heteroatoms. The Labute approximate surface area is 179 Å². The SMILES string of the molecule is C/C=C1\C2C=C(C)CC1(N=C/C=C/c1ccc(CCC)cc1)c1ccc(=O)[nH]c1C2. The van der Waals surface area contributed by atoms with Gasteiger partial charge in [-0.05, 0) is 55.5 Å². The Morgan fingerprint density at radius 1 is 1.20 bits per heavy atom. The predicted molar refractivity (Wildman–Crippen MR) is 126 cm³/mol. The Kier molecular flexibility index (Phi) is 5.72. The summed E-state index contributed by atoms with van der Waals surface area (Å²) in [5.41, 5.74) is 6.94. The molecule has 1 heterocycles. The van der Waals surface area contributed by atoms with Gasteiger partial charge in [0, 0.05) is 35.9 Å². The predicted octanol–water partition coefficient (Wildman–Crippen LogP) is 5.78. The number of nitrogens with one attached hydrogen (secondary N) is 1. The molecule has 0 saturated heterocycles. The molecule has 2 aliphatic rings. The first-order valence-electron chi connectivity index (χ1n) is 10.9. The van der Waals surface area contributed by atoms with E-state index in [1.165, 1.54) is 28.7 Å². The van der Waals surface area contributed by atoms with Gasteiger partial charge in [0.25, 0.3) is 0 Å². The van der Waals surface area contributed by atoms with Crippen molar-refractivity contribution in [3.05, 3.63) is 98.5 Å². The first-order valence-corrected chi connectivity index (χ1v) is 10.9. The van der Waals surface area contributed by atoms with Crippen molar-refractivity contribution in [2.75, 3.05) is 0 Å². The second-order valence-corrected chi connectivity index (χ2v) is 8.45. The standard InChI is InChI=1S/C27H30N2O/c1-4-7-20-9-11-21(12-10-20)8-6-15-28-27-18-19(3)16-22(23(27)5-2)17-25-24(27)13-14-26(30)29-25/h5-6,8-16,22H,4,7,17-18H2,1-3H3,(H,29,30)/b8-6+,23-5+,28-15?. The van der Waals surface area contributed by atoms with E-state index in [0.717, 1.165) is 30.5 Å². The van der Waals surface area contributed by atoms with Crippen molar-refractivity contribution in [1.29, 1.82) is 0 Å². The van der Waals surface area contributed by atoms with Gasteiger partial charge in [-0.1, -0.05) is 61.4 Å². The molecule has 2 aromatic rings. The van der Waals surface area contributed by atoms with E-state index in [0.29, 0.717) is 5.92 Å². The third kappa shape index (κ3) is 3.77. The molecular weight excluding hydrogens is 368 g/mol. The fraction of sp³-hybridized carbons (Fsp3) is 0.333. The molecule has 2 bridgehead atoms. The first kappa shape index (κ1) is 20.3. The van der Waals surface area contributed by atoms with E-state index in [1.807, 2.05) is 18.4 Å². The number of allylic oxidation sites excluding steroid dienone is 3. The quantitative estimate of drug-likeness (QED) is 0.504. The summed E-state index contributed by atoms with van der Waals surface area (Å²) >= 11 is 0. The average Bonchev–Trinajstić information content (AvgIpc) is 2.72. The number of aromatic amines is 1. The maximum Gasteiger partial charge on any atom is 0.248 e. The van der Waals surface area contributed by atoms with Gasteiger partial charge in [0.15, 0.2) is 0 Å². The molecule has 0 spiro atoms. The lowest BCUT2D eigenvalue weighted by molar-refractivity contribution is 0.413. The molecular formula is C27H30N2O. The molecule has 1 aromatic heterocycles. The number of benzene rings is 1. The number of H-pyrrole nitrogens is 1. The molecule has 2 unspecified atom stereocenters. The third-order valence-corrected chi connectivity index (χ3v) is 6.27. The normalized spacial score (nSPS) is 24.4. The fourth-order valence-electron chi connectivity index (χ4n) is 5.06. The van der Waals surface area contributed by atoms with E-state index < -0.39 is 5.54 Å². The maximum absolute atomic E-state index is 11.9. The van der Waals surface area contributed by atoms with Crippen molar-refractivity contribution < 1.29 is 0 Å². The van der Waals surface area contributed by atoms with Crippen molar-refractivity contribution in [2.24, 2.45) is 10.9 Å². The van der Waals surface area contributed by atoms with Crippen LogP contribution in [0.4, 0.5) is 0 Å². The van der Waals surface area contributed by atoms with E-state index in [2.05, 4.69) is 68.2 Å². The monoisotopic (exact) mass is 398 g/mol. The Morgan fingerprint density at radius 2 is 2.00 bits per heavy atom. The van der Waals surface area contributed by atoms with Crippen LogP contribution >= 0.6 is 0 Å². The summed E-state index contributed by atoms with van der Waals surface area (Å²) in [6, 6.07) is 12.3. The van der Waals surface area contributed by atoms with Crippen molar-refractivity contribution in [2.45, 2.75) is 52.0 Å². The number of fused-ring (bicyclic) bond motifs is 4. The number of aryl methyl sites for hydroxylation is 1. The fourth-order valence-corrected chi connectivity index (χ4v) is 5.06. The van der Waals surface area contributed by atoms with Crippen LogP contribution in [-0.4, -0.2) is 11.2 Å². The number of hydrogen-bond donors (Lipinski definition) is 1. The van der Waals surface area contributed by atoms with Gasteiger partial charge in [0.05, 0.1) is 0 Å². The highest BCUT2D eigenvalue weighted by molar-refractivity contribution is 5.79. The van der Waals surface area contributed by atoms with Crippen molar-refractivity contribution in [1.82, 2.24) is 4.98 Å². The van der Waals surface area contributed by atoms with Gasteiger partial charge in [0.1, 0.15) is 5.54 Å². The van der Waals surface area contributed by atoms with Gasteiger partial charge >= 0.3 is 0 Å². The summed E-state index contributed by atoms with van der Waals surface area (Å²) in [7, 11) is 0. The molecule has 1 N–H and O–H groups in total. The molecule has 0 aliphatic heterocycles. The minimum absolute atomic E-state index is 0.0398. The minimum Gasteiger partial charge on any atom is -0.326 e. The van der Waals surface area contributed by atoms with Gasteiger partial charge in [-0.15, -0.1) is 0 Å². The lowest BCUT2D eigenvalue weighted by Crippen LogP contribution is -2.40. The van der Waals surface area contributed by atoms with Crippen LogP contribution in [0, 0.1) is 5.92 Å². The van der Waals surface area contributed by atoms with Crippen LogP contribution in [-0.2, 0) is 18.4 Å². The van der Waals surface area contributed by atoms with Crippen LogP contribution in [0.25, 0.3) is 6.08 Å². The second kappa shape index (κ2) is 8.43. The van der Waals surface area contributed by atoms with Gasteiger partial charge < -0.3 is 4.98 Å². The molecule has 0 amide bonds. The Balaban J connectivity index is 1.68. The van der Waals surface area contributed by atoms with E-state index >= 15 is 0 Å². The van der Waals surface area contributed by atoms with Crippen LogP contribution in [0.5, 0.6) is 0 Å². The molecule has 3 nitrogen and oxygen atoms in total. The van der Waals surface area contributed by atoms with Gasteiger partial charge in [-0.2, -0.15) is 0 Å². The number of nitrogens with zero attached hydrogens (tertiary/aromatic N) is 1. The maximum atomic E-state index is 11.9. The molecule has 1 aromatic carbocycles. The van der Waals surface area contributed by atoms with Crippen LogP contribution in [0.3, 0.4) is 0 Å². The average molecular weight is 399 g/mol. The highest BCUT2D eigenvalue weighted by Crippen LogP contribution is 2.51. The Hall–Kier alpha value is -2.94. The smallest absolute Gasteiger partial charge is 0.248 e. The lowest BCUT2D eigenvalue weighted by Gasteiger charge is -2.45. The molecule has 2 aliphatic carbocycles. The summed E-state index contributed by atoms with van der Waals surface area (Å²) in [5.74, 6) is 0.293. The molecule has 0 radical (unpaired) electrons. The highest BCUT2D eigenvalue weighted by atomic mass is 16.1.